The molecule has 3 N–H and O–H groups in total. The summed E-state index contributed by atoms with van der Waals surface area (Å²) in [5.41, 5.74) is 6.27. The number of hydrogen-bond donors (Lipinski definition) is 2. The van der Waals surface area contributed by atoms with E-state index in [2.05, 4.69) is 28.2 Å². The van der Waals surface area contributed by atoms with Crippen LogP contribution in [0.15, 0.2) is 22.7 Å². The summed E-state index contributed by atoms with van der Waals surface area (Å²) in [5.74, 6) is -0.317. The lowest BCUT2D eigenvalue weighted by Crippen LogP contribution is -2.35. The molecule has 0 heterocycles. The summed E-state index contributed by atoms with van der Waals surface area (Å²) < 4.78 is 0.799. The van der Waals surface area contributed by atoms with E-state index in [1.165, 1.54) is 12.8 Å². The zero-order chi connectivity index (χ0) is 14.3. The van der Waals surface area contributed by atoms with Crippen LogP contribution >= 0.6 is 27.5 Å². The number of unbranched alkanes of at least 4 members (excludes halogenated alkanes) is 3. The van der Waals surface area contributed by atoms with E-state index in [9.17, 15) is 4.79 Å². The van der Waals surface area contributed by atoms with Crippen molar-refractivity contribution in [1.82, 2.24) is 0 Å². The van der Waals surface area contributed by atoms with Gasteiger partial charge in [0.05, 0.1) is 5.02 Å². The van der Waals surface area contributed by atoms with Crippen LogP contribution in [0, 0.1) is 0 Å². The second kappa shape index (κ2) is 8.43. The molecule has 0 radical (unpaired) electrons. The van der Waals surface area contributed by atoms with Crippen LogP contribution in [-0.2, 0) is 4.79 Å². The quantitative estimate of drug-likeness (QED) is 0.687. The molecule has 1 aromatic carbocycles. The van der Waals surface area contributed by atoms with Gasteiger partial charge in [-0.1, -0.05) is 44.2 Å². The number of primary amides is 1. The molecule has 0 aromatic heterocycles. The van der Waals surface area contributed by atoms with Crippen molar-refractivity contribution >= 4 is 39.1 Å². The molecule has 1 atom stereocenters. The van der Waals surface area contributed by atoms with Gasteiger partial charge in [0.1, 0.15) is 6.04 Å². The summed E-state index contributed by atoms with van der Waals surface area (Å²) in [6, 6.07) is 5.15. The lowest BCUT2D eigenvalue weighted by atomic mass is 10.1. The molecule has 1 amide bonds. The van der Waals surface area contributed by atoms with Crippen LogP contribution < -0.4 is 11.1 Å². The van der Waals surface area contributed by atoms with E-state index < -0.39 is 0 Å². The monoisotopic (exact) mass is 346 g/mol. The minimum atomic E-state index is -0.329. The van der Waals surface area contributed by atoms with Crippen molar-refractivity contribution < 1.29 is 4.79 Å². The zero-order valence-electron chi connectivity index (χ0n) is 11.1. The van der Waals surface area contributed by atoms with Gasteiger partial charge in [-0.15, -0.1) is 0 Å². The number of rotatable bonds is 8. The van der Waals surface area contributed by atoms with Gasteiger partial charge < -0.3 is 11.1 Å². The van der Waals surface area contributed by atoms with Crippen LogP contribution in [0.3, 0.4) is 0 Å². The lowest BCUT2D eigenvalue weighted by molar-refractivity contribution is -0.118. The second-order valence-corrected chi connectivity index (χ2v) is 5.84. The number of nitrogens with two attached hydrogens (primary N) is 1. The van der Waals surface area contributed by atoms with Crippen LogP contribution in [0.5, 0.6) is 0 Å². The number of hydrogen-bond acceptors (Lipinski definition) is 2. The maximum Gasteiger partial charge on any atom is 0.239 e. The van der Waals surface area contributed by atoms with E-state index in [1.54, 1.807) is 6.07 Å². The number of amides is 1. The molecular weight excluding hydrogens is 328 g/mol. The molecule has 1 unspecified atom stereocenters. The Hall–Kier alpha value is -0.740. The fourth-order valence-electron chi connectivity index (χ4n) is 1.85. The highest BCUT2D eigenvalue weighted by Gasteiger charge is 2.14. The van der Waals surface area contributed by atoms with Crippen LogP contribution in [0.2, 0.25) is 5.02 Å². The van der Waals surface area contributed by atoms with E-state index in [-0.39, 0.29) is 11.9 Å². The van der Waals surface area contributed by atoms with Gasteiger partial charge in [0.25, 0.3) is 0 Å². The molecule has 19 heavy (non-hydrogen) atoms. The first kappa shape index (κ1) is 16.3. The molecule has 0 spiro atoms. The molecule has 0 aliphatic heterocycles. The molecule has 0 fully saturated rings. The standard InChI is InChI=1S/C14H20BrClN2O/c1-2-3-4-5-6-13(14(17)19)18-10-7-8-12(16)11(15)9-10/h7-9,13,18H,2-6H2,1H3,(H2,17,19). The third-order valence-corrected chi connectivity index (χ3v) is 4.16. The SMILES string of the molecule is CCCCCCC(Nc1ccc(Cl)c(Br)c1)C(N)=O. The Bertz CT molecular complexity index is 426. The van der Waals surface area contributed by atoms with Crippen molar-refractivity contribution in [2.45, 2.75) is 45.1 Å². The Morgan fingerprint density at radius 2 is 2.16 bits per heavy atom. The Kier molecular flexibility index (Phi) is 7.24. The van der Waals surface area contributed by atoms with E-state index in [0.29, 0.717) is 5.02 Å². The summed E-state index contributed by atoms with van der Waals surface area (Å²) >= 11 is 9.29. The fourth-order valence-corrected chi connectivity index (χ4v) is 2.34. The zero-order valence-corrected chi connectivity index (χ0v) is 13.4. The summed E-state index contributed by atoms with van der Waals surface area (Å²) in [6.45, 7) is 2.16. The lowest BCUT2D eigenvalue weighted by Gasteiger charge is -2.17. The maximum atomic E-state index is 11.4. The van der Waals surface area contributed by atoms with Gasteiger partial charge in [-0.05, 0) is 40.5 Å². The Labute approximate surface area is 128 Å². The van der Waals surface area contributed by atoms with Gasteiger partial charge in [-0.25, -0.2) is 0 Å². The topological polar surface area (TPSA) is 55.1 Å². The predicted molar refractivity (Wildman–Crippen MR) is 84.5 cm³/mol. The number of anilines is 1. The molecule has 5 heteroatoms. The first-order chi connectivity index (χ1) is 9.04. The van der Waals surface area contributed by atoms with Gasteiger partial charge >= 0.3 is 0 Å². The van der Waals surface area contributed by atoms with Crippen molar-refractivity contribution in [1.29, 1.82) is 0 Å². The summed E-state index contributed by atoms with van der Waals surface area (Å²) in [6.07, 6.45) is 5.27. The van der Waals surface area contributed by atoms with Crippen LogP contribution in [0.25, 0.3) is 0 Å². The first-order valence-electron chi connectivity index (χ1n) is 6.55. The van der Waals surface area contributed by atoms with Crippen molar-refractivity contribution in [2.24, 2.45) is 5.73 Å². The first-order valence-corrected chi connectivity index (χ1v) is 7.72. The molecule has 1 aromatic rings. The summed E-state index contributed by atoms with van der Waals surface area (Å²) in [5, 5.41) is 3.80. The molecular formula is C14H20BrClN2O. The predicted octanol–water partition coefficient (Wildman–Crippen LogP) is 4.34. The average molecular weight is 348 g/mol. The highest BCUT2D eigenvalue weighted by molar-refractivity contribution is 9.10. The van der Waals surface area contributed by atoms with E-state index in [0.717, 1.165) is 29.4 Å². The van der Waals surface area contributed by atoms with Gasteiger partial charge in [0, 0.05) is 10.2 Å². The van der Waals surface area contributed by atoms with Gasteiger partial charge in [-0.3, -0.25) is 4.79 Å². The molecule has 0 aliphatic carbocycles. The van der Waals surface area contributed by atoms with Crippen LogP contribution in [0.1, 0.15) is 39.0 Å². The van der Waals surface area contributed by atoms with Crippen molar-refractivity contribution in [3.63, 3.8) is 0 Å². The molecule has 0 bridgehead atoms. The Morgan fingerprint density at radius 3 is 2.74 bits per heavy atom. The highest BCUT2D eigenvalue weighted by atomic mass is 79.9. The van der Waals surface area contributed by atoms with Crippen molar-refractivity contribution in [3.8, 4) is 0 Å². The minimum absolute atomic E-state index is 0.317. The van der Waals surface area contributed by atoms with E-state index >= 15 is 0 Å². The molecule has 0 saturated heterocycles. The van der Waals surface area contributed by atoms with E-state index in [1.807, 2.05) is 12.1 Å². The largest absolute Gasteiger partial charge is 0.374 e. The maximum absolute atomic E-state index is 11.4. The minimum Gasteiger partial charge on any atom is -0.374 e. The number of halogens is 2. The second-order valence-electron chi connectivity index (χ2n) is 4.58. The summed E-state index contributed by atoms with van der Waals surface area (Å²) in [4.78, 5) is 11.4. The average Bonchev–Trinajstić information content (AvgIpc) is 2.37. The third-order valence-electron chi connectivity index (χ3n) is 2.95. The van der Waals surface area contributed by atoms with Crippen LogP contribution in [0.4, 0.5) is 5.69 Å². The van der Waals surface area contributed by atoms with Crippen LogP contribution in [-0.4, -0.2) is 11.9 Å². The van der Waals surface area contributed by atoms with Crippen molar-refractivity contribution in [3.05, 3.63) is 27.7 Å². The molecule has 0 aliphatic rings. The summed E-state index contributed by atoms with van der Waals surface area (Å²) in [7, 11) is 0. The molecule has 106 valence electrons. The molecule has 0 saturated carbocycles. The van der Waals surface area contributed by atoms with Gasteiger partial charge in [0.2, 0.25) is 5.91 Å². The van der Waals surface area contributed by atoms with Crippen molar-refractivity contribution in [2.75, 3.05) is 5.32 Å². The number of carbonyl (C=O) groups excluding carboxylic acids is 1. The normalized spacial score (nSPS) is 12.2. The number of benzene rings is 1. The molecule has 3 nitrogen and oxygen atoms in total. The number of carbonyl (C=O) groups is 1. The Balaban J connectivity index is 2.57. The van der Waals surface area contributed by atoms with Gasteiger partial charge in [0.15, 0.2) is 0 Å². The third kappa shape index (κ3) is 5.83. The highest BCUT2D eigenvalue weighted by Crippen LogP contribution is 2.26. The van der Waals surface area contributed by atoms with Gasteiger partial charge in [-0.2, -0.15) is 0 Å². The van der Waals surface area contributed by atoms with E-state index in [4.69, 9.17) is 17.3 Å². The Morgan fingerprint density at radius 1 is 1.42 bits per heavy atom. The fraction of sp³-hybridized carbons (Fsp3) is 0.500. The smallest absolute Gasteiger partial charge is 0.239 e. The molecule has 1 rings (SSSR count). The number of nitrogens with one attached hydrogen (secondary N) is 1.